The number of hydrogen-bond acceptors (Lipinski definition) is 5. The number of nitrogens with zero attached hydrogens (tertiary/aromatic N) is 1. The molecule has 40 heavy (non-hydrogen) atoms. The van der Waals surface area contributed by atoms with Gasteiger partial charge in [0.25, 0.3) is 18.2 Å². The summed E-state index contributed by atoms with van der Waals surface area (Å²) in [5.74, 6) is -5.25. The lowest BCUT2D eigenvalue weighted by atomic mass is 9.95. The van der Waals surface area contributed by atoms with E-state index in [1.165, 1.54) is 24.3 Å². The summed E-state index contributed by atoms with van der Waals surface area (Å²) in [7, 11) is 5.63. The Morgan fingerprint density at radius 3 is 2.25 bits per heavy atom. The van der Waals surface area contributed by atoms with Crippen LogP contribution in [0.1, 0.15) is 47.1 Å². The first-order chi connectivity index (χ1) is 18.8. The lowest BCUT2D eigenvalue weighted by molar-refractivity contribution is -0.128. The van der Waals surface area contributed by atoms with E-state index in [-0.39, 0.29) is 29.3 Å². The van der Waals surface area contributed by atoms with Crippen molar-refractivity contribution in [2.24, 2.45) is 5.41 Å². The van der Waals surface area contributed by atoms with Crippen LogP contribution in [-0.2, 0) is 11.3 Å². The minimum Gasteiger partial charge on any atom is -0.471 e. The van der Waals surface area contributed by atoms with Crippen molar-refractivity contribution in [3.63, 3.8) is 0 Å². The molecular weight excluding hydrogens is 531 g/mol. The summed E-state index contributed by atoms with van der Waals surface area (Å²) >= 11 is 0. The number of carbonyl (C=O) groups excluding carboxylic acids is 3. The topological polar surface area (TPSA) is 109 Å². The molecule has 0 saturated carbocycles. The molecule has 0 saturated heterocycles. The van der Waals surface area contributed by atoms with Gasteiger partial charge < -0.3 is 20.7 Å². The van der Waals surface area contributed by atoms with Gasteiger partial charge in [0.05, 0.1) is 11.9 Å². The van der Waals surface area contributed by atoms with Gasteiger partial charge in [-0.2, -0.15) is 0 Å². The molecule has 0 aliphatic rings. The number of nitrogens with one attached hydrogen (secondary N) is 3. The average Bonchev–Trinajstić information content (AvgIpc) is 2.88. The summed E-state index contributed by atoms with van der Waals surface area (Å²) in [4.78, 5) is 41.7. The van der Waals surface area contributed by atoms with Crippen molar-refractivity contribution >= 4 is 42.4 Å². The van der Waals surface area contributed by atoms with E-state index in [9.17, 15) is 27.6 Å². The summed E-state index contributed by atoms with van der Waals surface area (Å²) in [5.41, 5.74) is -1.60. The number of hydrogen-bond donors (Lipinski definition) is 3. The first-order valence-electron chi connectivity index (χ1n) is 11.9. The number of rotatable bonds is 9. The van der Waals surface area contributed by atoms with Gasteiger partial charge in [0, 0.05) is 23.2 Å². The van der Waals surface area contributed by atoms with E-state index < -0.39 is 53.3 Å². The molecule has 0 spiro atoms. The zero-order chi connectivity index (χ0) is 29.6. The number of halogens is 4. The molecule has 2 radical (unpaired) electrons. The predicted octanol–water partition coefficient (Wildman–Crippen LogP) is 3.96. The van der Waals surface area contributed by atoms with Crippen LogP contribution in [0.15, 0.2) is 48.7 Å². The summed E-state index contributed by atoms with van der Waals surface area (Å²) in [6.45, 7) is 3.62. The Bertz CT molecular complexity index is 1410. The molecule has 3 amide bonds. The van der Waals surface area contributed by atoms with Crippen LogP contribution in [0.25, 0.3) is 0 Å². The molecule has 3 N–H and O–H groups in total. The number of anilines is 2. The second kappa shape index (κ2) is 12.6. The number of alkyl halides is 2. The minimum absolute atomic E-state index is 0.137. The quantitative estimate of drug-likeness (QED) is 0.273. The Labute approximate surface area is 228 Å². The van der Waals surface area contributed by atoms with Crippen molar-refractivity contribution in [2.45, 2.75) is 33.7 Å². The molecule has 0 unspecified atom stereocenters. The van der Waals surface area contributed by atoms with Gasteiger partial charge in [-0.05, 0) is 24.3 Å². The zero-order valence-corrected chi connectivity index (χ0v) is 21.8. The maximum absolute atomic E-state index is 15.1. The number of carbonyl (C=O) groups is 3. The maximum Gasteiger partial charge on any atom is 0.272 e. The lowest BCUT2D eigenvalue weighted by Gasteiger charge is -2.18. The monoisotopic (exact) mass is 556 g/mol. The Hall–Kier alpha value is -4.42. The fourth-order valence-corrected chi connectivity index (χ4v) is 3.28. The highest BCUT2D eigenvalue weighted by atomic mass is 19.3. The smallest absolute Gasteiger partial charge is 0.272 e. The normalized spacial score (nSPS) is 11.2. The van der Waals surface area contributed by atoms with E-state index in [2.05, 4.69) is 20.9 Å². The maximum atomic E-state index is 15.1. The SMILES string of the molecule is [B]c1ccc(NC(=O)c2cc(NC(=O)c3c(F)ccc(CNC(=O)C(C)(C)C)c3F)cnc2OCC(F)F)cc1. The minimum atomic E-state index is -2.86. The zero-order valence-electron chi connectivity index (χ0n) is 21.8. The molecule has 8 nitrogen and oxygen atoms in total. The molecule has 0 atom stereocenters. The fourth-order valence-electron chi connectivity index (χ4n) is 3.28. The molecular formula is C27H25BF4N4O4. The number of pyridine rings is 1. The van der Waals surface area contributed by atoms with Crippen molar-refractivity contribution in [1.82, 2.24) is 10.3 Å². The van der Waals surface area contributed by atoms with Crippen LogP contribution >= 0.6 is 0 Å². The van der Waals surface area contributed by atoms with Gasteiger partial charge in [0.2, 0.25) is 11.8 Å². The van der Waals surface area contributed by atoms with Gasteiger partial charge in [0.15, 0.2) is 6.61 Å². The fraction of sp³-hybridized carbons (Fsp3) is 0.259. The third kappa shape index (κ3) is 7.81. The highest BCUT2D eigenvalue weighted by molar-refractivity contribution is 6.32. The average molecular weight is 556 g/mol. The van der Waals surface area contributed by atoms with Crippen LogP contribution in [0, 0.1) is 17.0 Å². The van der Waals surface area contributed by atoms with Crippen LogP contribution in [-0.4, -0.2) is 43.6 Å². The van der Waals surface area contributed by atoms with Gasteiger partial charge in [0.1, 0.15) is 30.6 Å². The Balaban J connectivity index is 1.87. The van der Waals surface area contributed by atoms with Crippen molar-refractivity contribution in [3.8, 4) is 5.88 Å². The number of amides is 3. The lowest BCUT2D eigenvalue weighted by Crippen LogP contribution is -2.34. The van der Waals surface area contributed by atoms with E-state index in [0.717, 1.165) is 24.4 Å². The molecule has 1 heterocycles. The number of benzene rings is 2. The molecule has 208 valence electrons. The van der Waals surface area contributed by atoms with Gasteiger partial charge in [-0.15, -0.1) is 0 Å². The van der Waals surface area contributed by atoms with Gasteiger partial charge >= 0.3 is 0 Å². The van der Waals surface area contributed by atoms with Crippen molar-refractivity contribution in [3.05, 3.63) is 77.0 Å². The highest BCUT2D eigenvalue weighted by Crippen LogP contribution is 2.24. The molecule has 2 aromatic carbocycles. The molecule has 0 bridgehead atoms. The summed E-state index contributed by atoms with van der Waals surface area (Å²) in [6, 6.07) is 9.06. The molecule has 1 aromatic heterocycles. The third-order valence-electron chi connectivity index (χ3n) is 5.39. The second-order valence-corrected chi connectivity index (χ2v) is 9.64. The standard InChI is InChI=1S/C27H25BF4N4O4/c1-27(2,3)26(39)34-11-14-4-9-19(29)21(22(14)32)24(38)36-17-10-18(25(33-12-17)40-13-20(30)31)23(37)35-16-7-5-15(28)6-8-16/h4-10,12,20H,11,13H2,1-3H3,(H,34,39)(H,35,37)(H,36,38). The van der Waals surface area contributed by atoms with Gasteiger partial charge in [-0.25, -0.2) is 22.5 Å². The molecule has 3 aromatic rings. The molecule has 0 aliphatic carbocycles. The van der Waals surface area contributed by atoms with Crippen LogP contribution in [0.4, 0.5) is 28.9 Å². The number of aromatic nitrogens is 1. The molecule has 3 rings (SSSR count). The van der Waals surface area contributed by atoms with E-state index >= 15 is 4.39 Å². The largest absolute Gasteiger partial charge is 0.471 e. The van der Waals surface area contributed by atoms with Crippen molar-refractivity contribution in [1.29, 1.82) is 0 Å². The molecule has 13 heteroatoms. The van der Waals surface area contributed by atoms with E-state index in [4.69, 9.17) is 12.6 Å². The van der Waals surface area contributed by atoms with Crippen LogP contribution in [0.5, 0.6) is 5.88 Å². The Kier molecular flexibility index (Phi) is 9.51. The van der Waals surface area contributed by atoms with Gasteiger partial charge in [-0.1, -0.05) is 44.4 Å². The van der Waals surface area contributed by atoms with E-state index in [0.29, 0.717) is 11.2 Å². The summed E-state index contributed by atoms with van der Waals surface area (Å²) in [6.07, 6.45) is -1.89. The van der Waals surface area contributed by atoms with Crippen molar-refractivity contribution in [2.75, 3.05) is 17.2 Å². The van der Waals surface area contributed by atoms with E-state index in [1.807, 2.05) is 0 Å². The van der Waals surface area contributed by atoms with Crippen LogP contribution in [0.2, 0.25) is 0 Å². The Morgan fingerprint density at radius 1 is 0.975 bits per heavy atom. The third-order valence-corrected chi connectivity index (χ3v) is 5.39. The van der Waals surface area contributed by atoms with E-state index in [1.54, 1.807) is 20.8 Å². The number of ether oxygens (including phenoxy) is 1. The Morgan fingerprint density at radius 2 is 1.62 bits per heavy atom. The van der Waals surface area contributed by atoms with Crippen LogP contribution in [0.3, 0.4) is 0 Å². The second-order valence-electron chi connectivity index (χ2n) is 9.64. The van der Waals surface area contributed by atoms with Gasteiger partial charge in [-0.3, -0.25) is 14.4 Å². The van der Waals surface area contributed by atoms with Crippen LogP contribution < -0.4 is 26.2 Å². The summed E-state index contributed by atoms with van der Waals surface area (Å²) < 4.78 is 60.0. The van der Waals surface area contributed by atoms with Crippen molar-refractivity contribution < 1.29 is 36.7 Å². The highest BCUT2D eigenvalue weighted by Gasteiger charge is 2.25. The molecule has 0 aliphatic heterocycles. The summed E-state index contributed by atoms with van der Waals surface area (Å²) in [5, 5.41) is 7.28. The predicted molar refractivity (Wildman–Crippen MR) is 141 cm³/mol. The first kappa shape index (κ1) is 30.1. The molecule has 0 fully saturated rings. The first-order valence-corrected chi connectivity index (χ1v) is 11.9.